The highest BCUT2D eigenvalue weighted by atomic mass is 16.6. The number of nitrogens with one attached hydrogen (secondary N) is 1. The summed E-state index contributed by atoms with van der Waals surface area (Å²) < 4.78 is 0. The van der Waals surface area contributed by atoms with Crippen molar-refractivity contribution < 1.29 is 14.5 Å². The van der Waals surface area contributed by atoms with Crippen LogP contribution in [0, 0.1) is 15.5 Å². The zero-order chi connectivity index (χ0) is 15.5. The lowest BCUT2D eigenvalue weighted by Crippen LogP contribution is -2.42. The molecule has 0 spiro atoms. The largest absolute Gasteiger partial charge is 0.398 e. The van der Waals surface area contributed by atoms with Gasteiger partial charge in [-0.05, 0) is 19.9 Å². The minimum Gasteiger partial charge on any atom is -0.398 e. The van der Waals surface area contributed by atoms with Crippen molar-refractivity contribution in [3.05, 3.63) is 33.9 Å². The van der Waals surface area contributed by atoms with E-state index < -0.39 is 22.2 Å². The summed E-state index contributed by atoms with van der Waals surface area (Å²) in [5.74, 6) is -1.16. The van der Waals surface area contributed by atoms with Gasteiger partial charge in [-0.15, -0.1) is 0 Å². The molecule has 0 unspecified atom stereocenters. The van der Waals surface area contributed by atoms with Crippen LogP contribution in [0.3, 0.4) is 0 Å². The summed E-state index contributed by atoms with van der Waals surface area (Å²) in [6.45, 7) is 3.15. The fourth-order valence-corrected chi connectivity index (χ4v) is 1.34. The molecule has 8 nitrogen and oxygen atoms in total. The van der Waals surface area contributed by atoms with Crippen LogP contribution in [0.5, 0.6) is 0 Å². The minimum absolute atomic E-state index is 0.00327. The Hall–Kier alpha value is -2.64. The van der Waals surface area contributed by atoms with E-state index in [0.29, 0.717) is 0 Å². The van der Waals surface area contributed by atoms with E-state index in [1.807, 2.05) is 0 Å². The van der Waals surface area contributed by atoms with Crippen molar-refractivity contribution in [2.24, 2.45) is 11.1 Å². The molecule has 1 aromatic rings. The third kappa shape index (κ3) is 3.44. The first-order valence-corrected chi connectivity index (χ1v) is 5.77. The van der Waals surface area contributed by atoms with E-state index in [1.165, 1.54) is 12.1 Å². The lowest BCUT2D eigenvalue weighted by atomic mass is 9.92. The third-order valence-corrected chi connectivity index (χ3v) is 2.85. The number of hydrogen-bond acceptors (Lipinski definition) is 5. The Morgan fingerprint density at radius 1 is 1.40 bits per heavy atom. The third-order valence-electron chi connectivity index (χ3n) is 2.85. The number of nitrogens with two attached hydrogens (primary N) is 2. The number of nitrogen functional groups attached to an aromatic ring is 1. The average Bonchev–Trinajstić information content (AvgIpc) is 2.36. The minimum atomic E-state index is -0.925. The monoisotopic (exact) mass is 280 g/mol. The van der Waals surface area contributed by atoms with Crippen LogP contribution < -0.4 is 16.8 Å². The summed E-state index contributed by atoms with van der Waals surface area (Å²) in [6, 6.07) is 3.58. The van der Waals surface area contributed by atoms with Gasteiger partial charge in [0.25, 0.3) is 11.6 Å². The average molecular weight is 280 g/mol. The van der Waals surface area contributed by atoms with Gasteiger partial charge in [0.2, 0.25) is 5.91 Å². The van der Waals surface area contributed by atoms with Crippen molar-refractivity contribution >= 4 is 23.2 Å². The Morgan fingerprint density at radius 3 is 2.50 bits per heavy atom. The van der Waals surface area contributed by atoms with Crippen LogP contribution in [0.4, 0.5) is 11.4 Å². The molecular weight excluding hydrogens is 264 g/mol. The number of hydrogen-bond donors (Lipinski definition) is 3. The Kier molecular flexibility index (Phi) is 4.28. The molecule has 20 heavy (non-hydrogen) atoms. The predicted octanol–water partition coefficient (Wildman–Crippen LogP) is 0.418. The maximum absolute atomic E-state index is 11.9. The highest BCUT2D eigenvalue weighted by Gasteiger charge is 2.26. The molecule has 0 aliphatic carbocycles. The first-order chi connectivity index (χ1) is 9.15. The fraction of sp³-hybridized carbons (Fsp3) is 0.333. The quantitative estimate of drug-likeness (QED) is 0.407. The molecule has 0 saturated heterocycles. The standard InChI is InChI=1S/C12H16N4O4/c1-12(2,11(14)18)6-15-10(17)8-5-7(16(19)20)3-4-9(8)13/h3-5H,6,13H2,1-2H3,(H2,14,18)(H,15,17). The normalized spacial score (nSPS) is 10.9. The van der Waals surface area contributed by atoms with Gasteiger partial charge in [0.15, 0.2) is 0 Å². The Morgan fingerprint density at radius 2 is 2.00 bits per heavy atom. The Labute approximate surface area is 115 Å². The van der Waals surface area contributed by atoms with Gasteiger partial charge >= 0.3 is 0 Å². The Bertz CT molecular complexity index is 569. The van der Waals surface area contributed by atoms with Crippen LogP contribution in [-0.4, -0.2) is 23.3 Å². The number of benzene rings is 1. The van der Waals surface area contributed by atoms with Crippen molar-refractivity contribution in [3.8, 4) is 0 Å². The molecule has 0 aliphatic heterocycles. The molecule has 8 heteroatoms. The van der Waals surface area contributed by atoms with Crippen molar-refractivity contribution in [2.75, 3.05) is 12.3 Å². The molecule has 0 atom stereocenters. The van der Waals surface area contributed by atoms with Gasteiger partial charge in [-0.25, -0.2) is 0 Å². The molecule has 1 rings (SSSR count). The topological polar surface area (TPSA) is 141 Å². The SMILES string of the molecule is CC(C)(CNC(=O)c1cc([N+](=O)[O-])ccc1N)C(N)=O. The van der Waals surface area contributed by atoms with E-state index in [1.54, 1.807) is 13.8 Å². The first kappa shape index (κ1) is 15.4. The number of anilines is 1. The van der Waals surface area contributed by atoms with Gasteiger partial charge in [0.1, 0.15) is 0 Å². The highest BCUT2D eigenvalue weighted by molar-refractivity contribution is 6.00. The number of carbonyl (C=O) groups is 2. The van der Waals surface area contributed by atoms with E-state index >= 15 is 0 Å². The number of nitro benzene ring substituents is 1. The van der Waals surface area contributed by atoms with E-state index in [0.717, 1.165) is 6.07 Å². The smallest absolute Gasteiger partial charge is 0.270 e. The van der Waals surface area contributed by atoms with Crippen LogP contribution in [-0.2, 0) is 4.79 Å². The van der Waals surface area contributed by atoms with Gasteiger partial charge in [-0.2, -0.15) is 0 Å². The van der Waals surface area contributed by atoms with Crippen LogP contribution in [0.25, 0.3) is 0 Å². The predicted molar refractivity (Wildman–Crippen MR) is 72.8 cm³/mol. The molecule has 0 heterocycles. The number of non-ortho nitro benzene ring substituents is 1. The summed E-state index contributed by atoms with van der Waals surface area (Å²) >= 11 is 0. The summed E-state index contributed by atoms with van der Waals surface area (Å²) in [5, 5.41) is 13.2. The molecule has 0 fully saturated rings. The maximum Gasteiger partial charge on any atom is 0.270 e. The van der Waals surface area contributed by atoms with Gasteiger partial charge in [0.05, 0.1) is 15.9 Å². The van der Waals surface area contributed by atoms with Crippen LogP contribution in [0.1, 0.15) is 24.2 Å². The molecule has 2 amide bonds. The molecule has 0 aromatic heterocycles. The Balaban J connectivity index is 2.90. The number of rotatable bonds is 5. The number of nitrogens with zero attached hydrogens (tertiary/aromatic N) is 1. The molecule has 5 N–H and O–H groups in total. The number of nitro groups is 1. The van der Waals surface area contributed by atoms with Gasteiger partial charge in [0, 0.05) is 24.4 Å². The number of amides is 2. The van der Waals surface area contributed by atoms with Crippen LogP contribution in [0.15, 0.2) is 18.2 Å². The number of carbonyl (C=O) groups excluding carboxylic acids is 2. The van der Waals surface area contributed by atoms with E-state index in [2.05, 4.69) is 5.32 Å². The second-order valence-corrected chi connectivity index (χ2v) is 4.96. The van der Waals surface area contributed by atoms with Crippen LogP contribution >= 0.6 is 0 Å². The lowest BCUT2D eigenvalue weighted by Gasteiger charge is -2.20. The molecule has 0 saturated carbocycles. The van der Waals surface area contributed by atoms with Crippen molar-refractivity contribution in [3.63, 3.8) is 0 Å². The van der Waals surface area contributed by atoms with Crippen LogP contribution in [0.2, 0.25) is 0 Å². The first-order valence-electron chi connectivity index (χ1n) is 5.77. The molecule has 0 radical (unpaired) electrons. The molecule has 108 valence electrons. The second-order valence-electron chi connectivity index (χ2n) is 4.96. The summed E-state index contributed by atoms with van der Waals surface area (Å²) in [4.78, 5) is 33.1. The lowest BCUT2D eigenvalue weighted by molar-refractivity contribution is -0.384. The van der Waals surface area contributed by atoms with E-state index in [4.69, 9.17) is 11.5 Å². The second kappa shape index (κ2) is 5.55. The van der Waals surface area contributed by atoms with E-state index in [9.17, 15) is 19.7 Å². The summed E-state index contributed by atoms with van der Waals surface area (Å²) in [5.41, 5.74) is 9.74. The summed E-state index contributed by atoms with van der Waals surface area (Å²) in [6.07, 6.45) is 0. The van der Waals surface area contributed by atoms with Gasteiger partial charge < -0.3 is 16.8 Å². The molecule has 0 aliphatic rings. The maximum atomic E-state index is 11.9. The van der Waals surface area contributed by atoms with E-state index in [-0.39, 0.29) is 23.5 Å². The highest BCUT2D eigenvalue weighted by Crippen LogP contribution is 2.20. The van der Waals surface area contributed by atoms with Gasteiger partial charge in [-0.1, -0.05) is 0 Å². The zero-order valence-corrected chi connectivity index (χ0v) is 11.2. The van der Waals surface area contributed by atoms with Crippen molar-refractivity contribution in [1.29, 1.82) is 0 Å². The fourth-order valence-electron chi connectivity index (χ4n) is 1.34. The molecular formula is C12H16N4O4. The molecule has 1 aromatic carbocycles. The zero-order valence-electron chi connectivity index (χ0n) is 11.2. The number of primary amides is 1. The molecule has 0 bridgehead atoms. The van der Waals surface area contributed by atoms with Crippen molar-refractivity contribution in [1.82, 2.24) is 5.32 Å². The van der Waals surface area contributed by atoms with Gasteiger partial charge in [-0.3, -0.25) is 19.7 Å². The van der Waals surface area contributed by atoms with Crippen molar-refractivity contribution in [2.45, 2.75) is 13.8 Å². The summed E-state index contributed by atoms with van der Waals surface area (Å²) in [7, 11) is 0.